The van der Waals surface area contributed by atoms with Gasteiger partial charge in [0.2, 0.25) is 11.8 Å². The van der Waals surface area contributed by atoms with Crippen LogP contribution in [0.2, 0.25) is 0 Å². The SMILES string of the molecule is COc1ccc(NC(=O)N(c2ccccc2C(C)C)C2CCN(C3COC3)CC2)c(OCCF)n1. The number of ether oxygens (including phenoxy) is 3. The average molecular weight is 487 g/mol. The third-order valence-electron chi connectivity index (χ3n) is 6.64. The van der Waals surface area contributed by atoms with Crippen molar-refractivity contribution in [1.29, 1.82) is 0 Å². The summed E-state index contributed by atoms with van der Waals surface area (Å²) in [5.74, 6) is 0.707. The number of para-hydroxylation sites is 1. The highest BCUT2D eigenvalue weighted by Gasteiger charge is 2.35. The lowest BCUT2D eigenvalue weighted by Crippen LogP contribution is -2.55. The van der Waals surface area contributed by atoms with Crippen LogP contribution in [0, 0.1) is 0 Å². The molecule has 2 aromatic rings. The second-order valence-corrected chi connectivity index (χ2v) is 9.22. The molecule has 1 aromatic heterocycles. The molecule has 0 saturated carbocycles. The van der Waals surface area contributed by atoms with E-state index in [0.29, 0.717) is 17.6 Å². The molecule has 1 N–H and O–H groups in total. The van der Waals surface area contributed by atoms with Crippen LogP contribution < -0.4 is 19.7 Å². The van der Waals surface area contributed by atoms with Gasteiger partial charge in [-0.2, -0.15) is 4.98 Å². The number of halogens is 1. The third kappa shape index (κ3) is 5.85. The summed E-state index contributed by atoms with van der Waals surface area (Å²) in [6, 6.07) is 11.6. The molecule has 0 atom stereocenters. The number of hydrogen-bond donors (Lipinski definition) is 1. The Labute approximate surface area is 206 Å². The Kier molecular flexibility index (Phi) is 8.41. The minimum absolute atomic E-state index is 0.0357. The molecule has 190 valence electrons. The lowest BCUT2D eigenvalue weighted by Gasteiger charge is -2.44. The summed E-state index contributed by atoms with van der Waals surface area (Å²) in [7, 11) is 1.49. The molecule has 2 amide bonds. The molecule has 2 aliphatic rings. The first-order valence-electron chi connectivity index (χ1n) is 12.3. The van der Waals surface area contributed by atoms with Gasteiger partial charge in [-0.05, 0) is 36.5 Å². The average Bonchev–Trinajstić information content (AvgIpc) is 2.83. The highest BCUT2D eigenvalue weighted by Crippen LogP contribution is 2.34. The first-order valence-corrected chi connectivity index (χ1v) is 12.3. The van der Waals surface area contributed by atoms with Crippen molar-refractivity contribution in [2.45, 2.75) is 44.7 Å². The molecule has 1 aromatic carbocycles. The van der Waals surface area contributed by atoms with Crippen LogP contribution in [0.5, 0.6) is 11.8 Å². The van der Waals surface area contributed by atoms with Crippen molar-refractivity contribution < 1.29 is 23.4 Å². The molecular formula is C26H35FN4O4. The first kappa shape index (κ1) is 25.2. The van der Waals surface area contributed by atoms with Gasteiger partial charge in [0.1, 0.15) is 19.0 Å². The number of nitrogens with zero attached hydrogens (tertiary/aromatic N) is 3. The van der Waals surface area contributed by atoms with E-state index in [1.807, 2.05) is 23.1 Å². The predicted molar refractivity (Wildman–Crippen MR) is 133 cm³/mol. The number of urea groups is 1. The van der Waals surface area contributed by atoms with E-state index in [9.17, 15) is 9.18 Å². The lowest BCUT2D eigenvalue weighted by atomic mass is 9.96. The summed E-state index contributed by atoms with van der Waals surface area (Å²) in [6.45, 7) is 6.85. The molecule has 9 heteroatoms. The Bertz CT molecular complexity index is 993. The zero-order valence-electron chi connectivity index (χ0n) is 20.7. The standard InChI is InChI=1S/C26H35FN4O4/c1-18(2)21-6-4-5-7-23(21)31(19-10-13-30(14-11-19)20-16-34-17-20)26(32)28-22-8-9-24(33-3)29-25(22)35-15-12-27/h4-9,18-20H,10-17H2,1-3H3,(H,28,32). The normalized spacial score (nSPS) is 17.2. The van der Waals surface area contributed by atoms with Crippen LogP contribution in [0.1, 0.15) is 38.2 Å². The Morgan fingerprint density at radius 2 is 1.97 bits per heavy atom. The van der Waals surface area contributed by atoms with E-state index < -0.39 is 6.67 Å². The van der Waals surface area contributed by atoms with Gasteiger partial charge in [-0.15, -0.1) is 0 Å². The second kappa shape index (κ2) is 11.7. The summed E-state index contributed by atoms with van der Waals surface area (Å²) in [5.41, 5.74) is 2.39. The number of likely N-dealkylation sites (tertiary alicyclic amines) is 1. The van der Waals surface area contributed by atoms with Crippen molar-refractivity contribution >= 4 is 17.4 Å². The number of carbonyl (C=O) groups excluding carboxylic acids is 1. The fraction of sp³-hybridized carbons (Fsp3) is 0.538. The van der Waals surface area contributed by atoms with Crippen LogP contribution in [0.3, 0.4) is 0 Å². The molecule has 2 saturated heterocycles. The van der Waals surface area contributed by atoms with Gasteiger partial charge in [-0.1, -0.05) is 32.0 Å². The maximum Gasteiger partial charge on any atom is 0.326 e. The second-order valence-electron chi connectivity index (χ2n) is 9.22. The molecule has 0 spiro atoms. The molecule has 0 radical (unpaired) electrons. The topological polar surface area (TPSA) is 76.2 Å². The summed E-state index contributed by atoms with van der Waals surface area (Å²) in [6.07, 6.45) is 1.73. The number of pyridine rings is 1. The third-order valence-corrected chi connectivity index (χ3v) is 6.64. The predicted octanol–water partition coefficient (Wildman–Crippen LogP) is 4.46. The van der Waals surface area contributed by atoms with E-state index in [-0.39, 0.29) is 30.5 Å². The Hall–Kier alpha value is -2.91. The number of rotatable bonds is 9. The van der Waals surface area contributed by atoms with Crippen LogP contribution >= 0.6 is 0 Å². The summed E-state index contributed by atoms with van der Waals surface area (Å²) >= 11 is 0. The van der Waals surface area contributed by atoms with Crippen LogP contribution in [-0.4, -0.2) is 74.7 Å². The van der Waals surface area contributed by atoms with Crippen molar-refractivity contribution in [2.75, 3.05) is 56.9 Å². The van der Waals surface area contributed by atoms with Crippen molar-refractivity contribution in [3.8, 4) is 11.8 Å². The molecule has 3 heterocycles. The Morgan fingerprint density at radius 1 is 1.23 bits per heavy atom. The minimum atomic E-state index is -0.662. The Morgan fingerprint density at radius 3 is 2.60 bits per heavy atom. The first-order chi connectivity index (χ1) is 17.0. The molecule has 8 nitrogen and oxygen atoms in total. The number of anilines is 2. The maximum atomic E-state index is 13.8. The molecule has 0 bridgehead atoms. The van der Waals surface area contributed by atoms with Crippen molar-refractivity contribution in [3.05, 3.63) is 42.0 Å². The largest absolute Gasteiger partial charge is 0.481 e. The van der Waals surface area contributed by atoms with Crippen molar-refractivity contribution in [2.24, 2.45) is 0 Å². The number of hydrogen-bond acceptors (Lipinski definition) is 6. The number of piperidine rings is 1. The van der Waals surface area contributed by atoms with Gasteiger partial charge >= 0.3 is 6.03 Å². The monoisotopic (exact) mass is 486 g/mol. The number of aromatic nitrogens is 1. The molecular weight excluding hydrogens is 451 g/mol. The molecule has 4 rings (SSSR count). The minimum Gasteiger partial charge on any atom is -0.481 e. The molecule has 0 unspecified atom stereocenters. The highest BCUT2D eigenvalue weighted by molar-refractivity contribution is 6.03. The van der Waals surface area contributed by atoms with Gasteiger partial charge in [-0.25, -0.2) is 9.18 Å². The number of carbonyl (C=O) groups is 1. The van der Waals surface area contributed by atoms with Crippen molar-refractivity contribution in [3.63, 3.8) is 0 Å². The van der Waals surface area contributed by atoms with E-state index in [1.165, 1.54) is 7.11 Å². The number of alkyl halides is 1. The van der Waals surface area contributed by atoms with Crippen LogP contribution in [-0.2, 0) is 4.74 Å². The summed E-state index contributed by atoms with van der Waals surface area (Å²) < 4.78 is 28.8. The van der Waals surface area contributed by atoms with E-state index >= 15 is 0 Å². The van der Waals surface area contributed by atoms with E-state index in [2.05, 4.69) is 35.1 Å². The smallest absolute Gasteiger partial charge is 0.326 e. The van der Waals surface area contributed by atoms with Gasteiger partial charge in [-0.3, -0.25) is 9.80 Å². The van der Waals surface area contributed by atoms with Gasteiger partial charge in [0.25, 0.3) is 0 Å². The number of nitrogens with one attached hydrogen (secondary N) is 1. The van der Waals surface area contributed by atoms with Crippen LogP contribution in [0.15, 0.2) is 36.4 Å². The number of amides is 2. The summed E-state index contributed by atoms with van der Waals surface area (Å²) in [5, 5.41) is 2.98. The van der Waals surface area contributed by atoms with Gasteiger partial charge in [0.15, 0.2) is 0 Å². The zero-order valence-corrected chi connectivity index (χ0v) is 20.7. The fourth-order valence-corrected chi connectivity index (χ4v) is 4.66. The Balaban J connectivity index is 1.61. The molecule has 0 aliphatic carbocycles. The molecule has 35 heavy (non-hydrogen) atoms. The van der Waals surface area contributed by atoms with Crippen molar-refractivity contribution in [1.82, 2.24) is 9.88 Å². The van der Waals surface area contributed by atoms with Crippen LogP contribution in [0.25, 0.3) is 0 Å². The van der Waals surface area contributed by atoms with Crippen LogP contribution in [0.4, 0.5) is 20.6 Å². The van der Waals surface area contributed by atoms with Gasteiger partial charge < -0.3 is 19.5 Å². The summed E-state index contributed by atoms with van der Waals surface area (Å²) in [4.78, 5) is 22.4. The fourth-order valence-electron chi connectivity index (χ4n) is 4.66. The lowest BCUT2D eigenvalue weighted by molar-refractivity contribution is -0.0710. The number of methoxy groups -OCH3 is 1. The quantitative estimate of drug-likeness (QED) is 0.564. The van der Waals surface area contributed by atoms with Gasteiger partial charge in [0, 0.05) is 30.9 Å². The highest BCUT2D eigenvalue weighted by atomic mass is 19.1. The molecule has 2 aliphatic heterocycles. The number of benzene rings is 1. The maximum absolute atomic E-state index is 13.8. The van der Waals surface area contributed by atoms with Gasteiger partial charge in [0.05, 0.1) is 26.4 Å². The van der Waals surface area contributed by atoms with E-state index in [1.54, 1.807) is 12.1 Å². The zero-order chi connectivity index (χ0) is 24.8. The van der Waals surface area contributed by atoms with E-state index in [0.717, 1.165) is 50.4 Å². The molecule has 2 fully saturated rings. The van der Waals surface area contributed by atoms with E-state index in [4.69, 9.17) is 14.2 Å².